The summed E-state index contributed by atoms with van der Waals surface area (Å²) in [5, 5.41) is 8.83. The molecule has 0 aromatic carbocycles. The highest BCUT2D eigenvalue weighted by atomic mass is 16.4. The van der Waals surface area contributed by atoms with Crippen LogP contribution in [0.2, 0.25) is 0 Å². The number of nitrogens with zero attached hydrogens (tertiary/aromatic N) is 1. The minimum Gasteiger partial charge on any atom is -0.480 e. The van der Waals surface area contributed by atoms with E-state index in [1.807, 2.05) is 0 Å². The van der Waals surface area contributed by atoms with Gasteiger partial charge in [0.1, 0.15) is 6.04 Å². The number of carboxylic acid groups (broad SMARTS) is 1. The van der Waals surface area contributed by atoms with E-state index in [1.165, 1.54) is 0 Å². The second-order valence-corrected chi connectivity index (χ2v) is 5.61. The van der Waals surface area contributed by atoms with Crippen molar-refractivity contribution in [1.29, 1.82) is 0 Å². The van der Waals surface area contributed by atoms with E-state index in [1.54, 1.807) is 0 Å². The highest BCUT2D eigenvalue weighted by Crippen LogP contribution is 2.06. The van der Waals surface area contributed by atoms with Gasteiger partial charge in [0, 0.05) is 6.54 Å². The fourth-order valence-electron chi connectivity index (χ4n) is 1.53. The van der Waals surface area contributed by atoms with E-state index < -0.39 is 12.0 Å². The lowest BCUT2D eigenvalue weighted by molar-refractivity contribution is -0.139. The van der Waals surface area contributed by atoms with Crippen LogP contribution in [0, 0.1) is 11.8 Å². The number of carbonyl (C=O) groups is 1. The van der Waals surface area contributed by atoms with Crippen molar-refractivity contribution < 1.29 is 9.90 Å². The molecule has 0 amide bonds. The average molecular weight is 244 g/mol. The maximum Gasteiger partial charge on any atom is 0.321 e. The van der Waals surface area contributed by atoms with Gasteiger partial charge in [-0.2, -0.15) is 0 Å². The molecule has 0 fully saturated rings. The molecule has 0 aromatic rings. The van der Waals surface area contributed by atoms with Crippen molar-refractivity contribution in [2.24, 2.45) is 17.6 Å². The van der Waals surface area contributed by atoms with Crippen LogP contribution < -0.4 is 5.73 Å². The summed E-state index contributed by atoms with van der Waals surface area (Å²) in [7, 11) is 0. The van der Waals surface area contributed by atoms with Gasteiger partial charge in [0.15, 0.2) is 0 Å². The van der Waals surface area contributed by atoms with Crippen molar-refractivity contribution in [3.8, 4) is 0 Å². The van der Waals surface area contributed by atoms with Gasteiger partial charge < -0.3 is 15.7 Å². The standard InChI is InChI=1S/C13H28N2O2/c1-10(2)5-7-15(8-6-11(3)4)9-12(14)13(16)17/h10-12H,5-9,14H2,1-4H3,(H,16,17). The smallest absolute Gasteiger partial charge is 0.321 e. The highest BCUT2D eigenvalue weighted by molar-refractivity contribution is 5.73. The third kappa shape index (κ3) is 9.12. The normalized spacial score (nSPS) is 13.6. The first-order valence-electron chi connectivity index (χ1n) is 6.53. The van der Waals surface area contributed by atoms with Crippen molar-refractivity contribution in [2.45, 2.75) is 46.6 Å². The average Bonchev–Trinajstić information content (AvgIpc) is 2.21. The molecule has 0 spiro atoms. The highest BCUT2D eigenvalue weighted by Gasteiger charge is 2.16. The molecule has 0 radical (unpaired) electrons. The zero-order chi connectivity index (χ0) is 13.4. The van der Waals surface area contributed by atoms with Gasteiger partial charge in [0.05, 0.1) is 0 Å². The van der Waals surface area contributed by atoms with E-state index in [-0.39, 0.29) is 0 Å². The monoisotopic (exact) mass is 244 g/mol. The predicted octanol–water partition coefficient (Wildman–Crippen LogP) is 1.79. The molecule has 17 heavy (non-hydrogen) atoms. The van der Waals surface area contributed by atoms with Crippen LogP contribution >= 0.6 is 0 Å². The molecule has 0 saturated carbocycles. The summed E-state index contributed by atoms with van der Waals surface area (Å²) in [5.74, 6) is 0.360. The van der Waals surface area contributed by atoms with E-state index in [9.17, 15) is 4.79 Å². The molecule has 0 saturated heterocycles. The molecule has 0 aliphatic carbocycles. The fourth-order valence-corrected chi connectivity index (χ4v) is 1.53. The van der Waals surface area contributed by atoms with Crippen molar-refractivity contribution in [3.05, 3.63) is 0 Å². The van der Waals surface area contributed by atoms with E-state index in [0.29, 0.717) is 18.4 Å². The Morgan fingerprint density at radius 1 is 1.12 bits per heavy atom. The lowest BCUT2D eigenvalue weighted by Gasteiger charge is -2.25. The minimum atomic E-state index is -0.913. The van der Waals surface area contributed by atoms with Crippen LogP contribution in [0.15, 0.2) is 0 Å². The predicted molar refractivity (Wildman–Crippen MR) is 71.0 cm³/mol. The largest absolute Gasteiger partial charge is 0.480 e. The Bertz CT molecular complexity index is 205. The molecule has 102 valence electrons. The Kier molecular flexibility index (Phi) is 8.17. The number of carboxylic acids is 1. The van der Waals surface area contributed by atoms with Crippen LogP contribution in [0.4, 0.5) is 0 Å². The molecule has 1 atom stereocenters. The molecule has 4 nitrogen and oxygen atoms in total. The lowest BCUT2D eigenvalue weighted by Crippen LogP contribution is -2.43. The fraction of sp³-hybridized carbons (Fsp3) is 0.923. The molecule has 0 rings (SSSR count). The minimum absolute atomic E-state index is 0.453. The third-order valence-electron chi connectivity index (χ3n) is 2.82. The Balaban J connectivity index is 4.14. The molecular weight excluding hydrogens is 216 g/mol. The van der Waals surface area contributed by atoms with Gasteiger partial charge in [-0.1, -0.05) is 27.7 Å². The topological polar surface area (TPSA) is 66.6 Å². The summed E-state index contributed by atoms with van der Waals surface area (Å²) in [6.07, 6.45) is 2.18. The maximum absolute atomic E-state index is 10.8. The first-order chi connectivity index (χ1) is 7.82. The second kappa shape index (κ2) is 8.48. The Hall–Kier alpha value is -0.610. The molecule has 0 aliphatic heterocycles. The lowest BCUT2D eigenvalue weighted by atomic mass is 10.1. The SMILES string of the molecule is CC(C)CCN(CCC(C)C)CC(N)C(=O)O. The molecule has 0 bridgehead atoms. The van der Waals surface area contributed by atoms with Crippen LogP contribution in [-0.2, 0) is 4.79 Å². The van der Waals surface area contributed by atoms with E-state index >= 15 is 0 Å². The second-order valence-electron chi connectivity index (χ2n) is 5.61. The van der Waals surface area contributed by atoms with Gasteiger partial charge in [0.2, 0.25) is 0 Å². The summed E-state index contributed by atoms with van der Waals surface area (Å²) in [5.41, 5.74) is 5.59. The van der Waals surface area contributed by atoms with Crippen LogP contribution in [0.25, 0.3) is 0 Å². The Labute approximate surface area is 105 Å². The van der Waals surface area contributed by atoms with Gasteiger partial charge in [-0.05, 0) is 37.8 Å². The summed E-state index contributed by atoms with van der Waals surface area (Å²) >= 11 is 0. The zero-order valence-corrected chi connectivity index (χ0v) is 11.6. The molecule has 4 heteroatoms. The van der Waals surface area contributed by atoms with Crippen molar-refractivity contribution in [1.82, 2.24) is 4.90 Å². The Morgan fingerprint density at radius 3 is 1.82 bits per heavy atom. The number of hydrogen-bond donors (Lipinski definition) is 2. The Morgan fingerprint density at radius 2 is 1.53 bits per heavy atom. The van der Waals surface area contributed by atoms with Crippen LogP contribution in [-0.4, -0.2) is 41.7 Å². The van der Waals surface area contributed by atoms with E-state index in [0.717, 1.165) is 25.9 Å². The van der Waals surface area contributed by atoms with Crippen molar-refractivity contribution >= 4 is 5.97 Å². The first kappa shape index (κ1) is 16.4. The van der Waals surface area contributed by atoms with E-state index in [4.69, 9.17) is 10.8 Å². The zero-order valence-electron chi connectivity index (χ0n) is 11.6. The first-order valence-corrected chi connectivity index (χ1v) is 6.53. The molecule has 0 aliphatic rings. The molecular formula is C13H28N2O2. The van der Waals surface area contributed by atoms with Gasteiger partial charge in [-0.15, -0.1) is 0 Å². The van der Waals surface area contributed by atoms with Gasteiger partial charge in [0.25, 0.3) is 0 Å². The molecule has 0 heterocycles. The number of rotatable bonds is 9. The molecule has 0 aromatic heterocycles. The van der Waals surface area contributed by atoms with Crippen LogP contribution in [0.5, 0.6) is 0 Å². The number of aliphatic carboxylic acids is 1. The summed E-state index contributed by atoms with van der Waals surface area (Å²) in [6, 6.07) is -0.769. The third-order valence-corrected chi connectivity index (χ3v) is 2.82. The van der Waals surface area contributed by atoms with Crippen LogP contribution in [0.1, 0.15) is 40.5 Å². The van der Waals surface area contributed by atoms with E-state index in [2.05, 4.69) is 32.6 Å². The van der Waals surface area contributed by atoms with Gasteiger partial charge >= 0.3 is 5.97 Å². The summed E-state index contributed by atoms with van der Waals surface area (Å²) < 4.78 is 0. The maximum atomic E-state index is 10.8. The molecule has 3 N–H and O–H groups in total. The van der Waals surface area contributed by atoms with Gasteiger partial charge in [-0.25, -0.2) is 0 Å². The van der Waals surface area contributed by atoms with Crippen molar-refractivity contribution in [3.63, 3.8) is 0 Å². The number of nitrogens with two attached hydrogens (primary N) is 1. The van der Waals surface area contributed by atoms with Crippen LogP contribution in [0.3, 0.4) is 0 Å². The quantitative estimate of drug-likeness (QED) is 0.649. The molecule has 1 unspecified atom stereocenters. The number of hydrogen-bond acceptors (Lipinski definition) is 3. The van der Waals surface area contributed by atoms with Gasteiger partial charge in [-0.3, -0.25) is 4.79 Å². The summed E-state index contributed by atoms with van der Waals surface area (Å²) in [4.78, 5) is 12.9. The summed E-state index contributed by atoms with van der Waals surface area (Å²) in [6.45, 7) is 11.0. The van der Waals surface area contributed by atoms with Crippen molar-refractivity contribution in [2.75, 3.05) is 19.6 Å².